The summed E-state index contributed by atoms with van der Waals surface area (Å²) in [5.74, 6) is 0.656. The smallest absolute Gasteiger partial charge is 0.266 e. The van der Waals surface area contributed by atoms with Crippen LogP contribution in [0, 0.1) is 13.8 Å². The quantitative estimate of drug-likeness (QED) is 0.753. The minimum atomic E-state index is -0.917. The number of thiazole rings is 1. The van der Waals surface area contributed by atoms with E-state index in [1.807, 2.05) is 18.7 Å². The number of benzene rings is 1. The molecule has 0 unspecified atom stereocenters. The molecule has 1 saturated heterocycles. The molecule has 0 N–H and O–H groups in total. The van der Waals surface area contributed by atoms with Crippen LogP contribution in [0.4, 0.5) is 0 Å². The number of halogens is 1. The van der Waals surface area contributed by atoms with Gasteiger partial charge in [0.05, 0.1) is 12.2 Å². The topological polar surface area (TPSA) is 45.7 Å². The molecule has 1 aliphatic heterocycles. The Morgan fingerprint density at radius 2 is 1.81 bits per heavy atom. The summed E-state index contributed by atoms with van der Waals surface area (Å²) in [6.45, 7) is 11.7. The molecule has 0 atom stereocenters. The van der Waals surface area contributed by atoms with Crippen LogP contribution in [0.25, 0.3) is 0 Å². The normalized spacial score (nSPS) is 15.8. The van der Waals surface area contributed by atoms with Crippen molar-refractivity contribution in [2.24, 2.45) is 0 Å². The number of rotatable bonds is 5. The molecule has 1 aromatic carbocycles. The van der Waals surface area contributed by atoms with Crippen molar-refractivity contribution in [1.82, 2.24) is 14.8 Å². The number of carbonyl (C=O) groups excluding carboxylic acids is 1. The predicted molar refractivity (Wildman–Crippen MR) is 110 cm³/mol. The van der Waals surface area contributed by atoms with Crippen molar-refractivity contribution in [3.63, 3.8) is 0 Å². The van der Waals surface area contributed by atoms with Gasteiger partial charge in [-0.3, -0.25) is 9.69 Å². The van der Waals surface area contributed by atoms with Gasteiger partial charge in [-0.15, -0.1) is 11.3 Å². The highest BCUT2D eigenvalue weighted by Gasteiger charge is 2.35. The molecule has 2 heterocycles. The van der Waals surface area contributed by atoms with Crippen LogP contribution in [0.15, 0.2) is 24.3 Å². The summed E-state index contributed by atoms with van der Waals surface area (Å²) in [6, 6.07) is 7.09. The lowest BCUT2D eigenvalue weighted by molar-refractivity contribution is -0.147. The van der Waals surface area contributed by atoms with Crippen molar-refractivity contribution in [3.05, 3.63) is 44.9 Å². The molecule has 146 valence electrons. The zero-order chi connectivity index (χ0) is 19.6. The fourth-order valence-corrected chi connectivity index (χ4v) is 4.23. The van der Waals surface area contributed by atoms with Gasteiger partial charge in [0.2, 0.25) is 0 Å². The van der Waals surface area contributed by atoms with E-state index in [-0.39, 0.29) is 5.91 Å². The minimum absolute atomic E-state index is 0.0121. The molecule has 0 spiro atoms. The summed E-state index contributed by atoms with van der Waals surface area (Å²) >= 11 is 7.67. The van der Waals surface area contributed by atoms with Crippen molar-refractivity contribution in [3.8, 4) is 5.75 Å². The molecule has 0 saturated carbocycles. The second-order valence-corrected chi connectivity index (χ2v) is 9.11. The third-order valence-corrected chi connectivity index (χ3v) is 6.10. The molecule has 5 nitrogen and oxygen atoms in total. The van der Waals surface area contributed by atoms with Crippen molar-refractivity contribution in [1.29, 1.82) is 0 Å². The first kappa shape index (κ1) is 20.1. The number of aromatic nitrogens is 1. The fourth-order valence-electron chi connectivity index (χ4n) is 3.13. The van der Waals surface area contributed by atoms with Gasteiger partial charge >= 0.3 is 0 Å². The van der Waals surface area contributed by atoms with Crippen molar-refractivity contribution in [2.75, 3.05) is 26.2 Å². The summed E-state index contributed by atoms with van der Waals surface area (Å²) in [7, 11) is 0. The Balaban J connectivity index is 1.54. The van der Waals surface area contributed by atoms with Crippen LogP contribution in [0.1, 0.15) is 29.4 Å². The molecule has 1 aromatic heterocycles. The van der Waals surface area contributed by atoms with E-state index in [1.54, 1.807) is 35.6 Å². The van der Waals surface area contributed by atoms with Crippen LogP contribution in [0.5, 0.6) is 5.75 Å². The standard InChI is InChI=1S/C20H26ClN3O2S/c1-14-15(2)27-18(22-14)13-23-9-11-24(12-10-23)19(25)20(3,4)26-17-7-5-16(21)6-8-17/h5-8H,9-13H2,1-4H3. The third-order valence-electron chi connectivity index (χ3n) is 4.79. The first-order valence-electron chi connectivity index (χ1n) is 9.14. The molecular weight excluding hydrogens is 382 g/mol. The predicted octanol–water partition coefficient (Wildman–Crippen LogP) is 3.92. The number of ether oxygens (including phenoxy) is 1. The van der Waals surface area contributed by atoms with E-state index in [0.29, 0.717) is 23.9 Å². The van der Waals surface area contributed by atoms with Gasteiger partial charge in [0.25, 0.3) is 5.91 Å². The number of hydrogen-bond donors (Lipinski definition) is 0. The Hall–Kier alpha value is -1.63. The van der Waals surface area contributed by atoms with Gasteiger partial charge < -0.3 is 9.64 Å². The molecule has 0 aliphatic carbocycles. The number of nitrogens with zero attached hydrogens (tertiary/aromatic N) is 3. The van der Waals surface area contributed by atoms with Gasteiger partial charge in [-0.05, 0) is 52.0 Å². The molecule has 1 amide bonds. The van der Waals surface area contributed by atoms with E-state index in [4.69, 9.17) is 16.3 Å². The van der Waals surface area contributed by atoms with Gasteiger partial charge in [0, 0.05) is 36.1 Å². The van der Waals surface area contributed by atoms with Gasteiger partial charge in [0.1, 0.15) is 10.8 Å². The molecule has 2 aromatic rings. The molecule has 1 aliphatic rings. The summed E-state index contributed by atoms with van der Waals surface area (Å²) in [4.78, 5) is 23.1. The van der Waals surface area contributed by atoms with E-state index in [2.05, 4.69) is 23.7 Å². The second-order valence-electron chi connectivity index (χ2n) is 7.38. The van der Waals surface area contributed by atoms with E-state index < -0.39 is 5.60 Å². The van der Waals surface area contributed by atoms with Gasteiger partial charge in [-0.1, -0.05) is 11.6 Å². The lowest BCUT2D eigenvalue weighted by atomic mass is 10.1. The molecule has 27 heavy (non-hydrogen) atoms. The molecule has 3 rings (SSSR count). The summed E-state index contributed by atoms with van der Waals surface area (Å²) in [6.07, 6.45) is 0. The van der Waals surface area contributed by atoms with Gasteiger partial charge in [-0.2, -0.15) is 0 Å². The van der Waals surface area contributed by atoms with Crippen molar-refractivity contribution in [2.45, 2.75) is 39.8 Å². The van der Waals surface area contributed by atoms with Crippen LogP contribution in [0.3, 0.4) is 0 Å². The molecule has 1 fully saturated rings. The van der Waals surface area contributed by atoms with E-state index in [9.17, 15) is 4.79 Å². The highest BCUT2D eigenvalue weighted by molar-refractivity contribution is 7.11. The third kappa shape index (κ3) is 5.00. The Morgan fingerprint density at radius 3 is 2.37 bits per heavy atom. The van der Waals surface area contributed by atoms with E-state index >= 15 is 0 Å². The fraction of sp³-hybridized carbons (Fsp3) is 0.500. The van der Waals surface area contributed by atoms with Crippen LogP contribution >= 0.6 is 22.9 Å². The number of carbonyl (C=O) groups is 1. The summed E-state index contributed by atoms with van der Waals surface area (Å²) in [5, 5.41) is 1.80. The Morgan fingerprint density at radius 1 is 1.19 bits per heavy atom. The molecular formula is C20H26ClN3O2S. The minimum Gasteiger partial charge on any atom is -0.478 e. The molecule has 0 radical (unpaired) electrons. The Kier molecular flexibility index (Phi) is 6.08. The number of piperazine rings is 1. The maximum absolute atomic E-state index is 13.0. The van der Waals surface area contributed by atoms with Crippen LogP contribution in [0.2, 0.25) is 5.02 Å². The van der Waals surface area contributed by atoms with Gasteiger partial charge in [0.15, 0.2) is 5.60 Å². The van der Waals surface area contributed by atoms with Crippen LogP contribution < -0.4 is 4.74 Å². The Bertz CT molecular complexity index is 777. The zero-order valence-corrected chi connectivity index (χ0v) is 17.9. The average molecular weight is 408 g/mol. The van der Waals surface area contributed by atoms with Crippen LogP contribution in [-0.2, 0) is 11.3 Å². The summed E-state index contributed by atoms with van der Waals surface area (Å²) in [5.41, 5.74) is 0.199. The van der Waals surface area contributed by atoms with Crippen LogP contribution in [-0.4, -0.2) is 52.5 Å². The second kappa shape index (κ2) is 8.17. The number of hydrogen-bond acceptors (Lipinski definition) is 5. The van der Waals surface area contributed by atoms with E-state index in [1.165, 1.54) is 4.88 Å². The average Bonchev–Trinajstić information content (AvgIpc) is 2.94. The summed E-state index contributed by atoms with van der Waals surface area (Å²) < 4.78 is 5.94. The number of amides is 1. The molecule has 7 heteroatoms. The highest BCUT2D eigenvalue weighted by atomic mass is 35.5. The first-order valence-corrected chi connectivity index (χ1v) is 10.3. The lowest BCUT2D eigenvalue weighted by Crippen LogP contribution is -2.55. The lowest BCUT2D eigenvalue weighted by Gasteiger charge is -2.38. The number of aryl methyl sites for hydroxylation is 2. The highest BCUT2D eigenvalue weighted by Crippen LogP contribution is 2.23. The molecule has 0 bridgehead atoms. The van der Waals surface area contributed by atoms with Crippen molar-refractivity contribution < 1.29 is 9.53 Å². The largest absolute Gasteiger partial charge is 0.478 e. The monoisotopic (exact) mass is 407 g/mol. The van der Waals surface area contributed by atoms with Gasteiger partial charge in [-0.25, -0.2) is 4.98 Å². The maximum Gasteiger partial charge on any atom is 0.266 e. The maximum atomic E-state index is 13.0. The van der Waals surface area contributed by atoms with Crippen molar-refractivity contribution >= 4 is 28.8 Å². The first-order chi connectivity index (χ1) is 12.7. The van der Waals surface area contributed by atoms with E-state index in [0.717, 1.165) is 30.3 Å². The zero-order valence-electron chi connectivity index (χ0n) is 16.3. The Labute approximate surface area is 169 Å². The SMILES string of the molecule is Cc1nc(CN2CCN(C(=O)C(C)(C)Oc3ccc(Cl)cc3)CC2)sc1C.